The third-order valence-corrected chi connectivity index (χ3v) is 4.18. The first kappa shape index (κ1) is 15.4. The highest BCUT2D eigenvalue weighted by molar-refractivity contribution is 9.10. The van der Waals surface area contributed by atoms with Crippen molar-refractivity contribution in [1.82, 2.24) is 0 Å². The molecule has 0 heterocycles. The summed E-state index contributed by atoms with van der Waals surface area (Å²) in [6.45, 7) is -2.79. The van der Waals surface area contributed by atoms with E-state index in [0.717, 1.165) is 16.5 Å². The van der Waals surface area contributed by atoms with Gasteiger partial charge < -0.3 is 4.74 Å². The molecule has 20 heavy (non-hydrogen) atoms. The summed E-state index contributed by atoms with van der Waals surface area (Å²) in [4.78, 5) is 0.129. The van der Waals surface area contributed by atoms with Crippen LogP contribution in [0.2, 0.25) is 0 Å². The van der Waals surface area contributed by atoms with Crippen molar-refractivity contribution in [1.29, 1.82) is 0 Å². The summed E-state index contributed by atoms with van der Waals surface area (Å²) in [5.74, 6) is 0.173. The summed E-state index contributed by atoms with van der Waals surface area (Å²) in [5, 5.41) is 0. The summed E-state index contributed by atoms with van der Waals surface area (Å²) in [5.41, 5.74) is 2.22. The maximum absolute atomic E-state index is 12.1. The molecule has 0 fully saturated rings. The first-order valence-corrected chi connectivity index (χ1v) is 7.69. The van der Waals surface area contributed by atoms with E-state index in [4.69, 9.17) is 0 Å². The number of halogens is 4. The van der Waals surface area contributed by atoms with Gasteiger partial charge >= 0.3 is 6.61 Å². The van der Waals surface area contributed by atoms with Crippen molar-refractivity contribution in [3.8, 4) is 5.75 Å². The number of alkyl halides is 3. The van der Waals surface area contributed by atoms with Crippen molar-refractivity contribution in [3.63, 3.8) is 0 Å². The van der Waals surface area contributed by atoms with Gasteiger partial charge in [-0.25, -0.2) is 0 Å². The molecule has 0 aliphatic carbocycles. The molecule has 0 saturated heterocycles. The molecule has 0 saturated carbocycles. The normalized spacial score (nSPS) is 12.4. The predicted octanol–water partition coefficient (Wildman–Crippen LogP) is 5.73. The molecule has 0 aromatic heterocycles. The highest BCUT2D eigenvalue weighted by Crippen LogP contribution is 2.29. The first-order valence-electron chi connectivity index (χ1n) is 5.98. The van der Waals surface area contributed by atoms with Gasteiger partial charge in [0, 0.05) is 9.30 Å². The molecular weight excluding hydrogens is 394 g/mol. The third-order valence-electron chi connectivity index (χ3n) is 2.80. The number of hydrogen-bond donors (Lipinski definition) is 0. The van der Waals surface area contributed by atoms with E-state index in [9.17, 15) is 8.78 Å². The quantitative estimate of drug-likeness (QED) is 0.577. The molecule has 2 aromatic carbocycles. The van der Waals surface area contributed by atoms with E-state index >= 15 is 0 Å². The maximum atomic E-state index is 12.1. The fourth-order valence-corrected chi connectivity index (χ4v) is 2.75. The van der Waals surface area contributed by atoms with Crippen molar-refractivity contribution >= 4 is 31.9 Å². The molecule has 0 spiro atoms. The second-order valence-corrected chi connectivity index (χ2v) is 6.27. The smallest absolute Gasteiger partial charge is 0.387 e. The fraction of sp³-hybridized carbons (Fsp3) is 0.200. The van der Waals surface area contributed by atoms with Gasteiger partial charge in [-0.2, -0.15) is 8.78 Å². The average Bonchev–Trinajstić information content (AvgIpc) is 2.41. The van der Waals surface area contributed by atoms with E-state index in [2.05, 4.69) is 36.6 Å². The van der Waals surface area contributed by atoms with Crippen molar-refractivity contribution in [2.45, 2.75) is 17.9 Å². The van der Waals surface area contributed by atoms with Gasteiger partial charge in [0.25, 0.3) is 0 Å². The Morgan fingerprint density at radius 1 is 0.950 bits per heavy atom. The topological polar surface area (TPSA) is 9.23 Å². The highest BCUT2D eigenvalue weighted by atomic mass is 79.9. The van der Waals surface area contributed by atoms with Gasteiger partial charge in [0.05, 0.1) is 0 Å². The van der Waals surface area contributed by atoms with E-state index in [1.807, 2.05) is 24.3 Å². The van der Waals surface area contributed by atoms with Gasteiger partial charge in [0.15, 0.2) is 0 Å². The second-order valence-electron chi connectivity index (χ2n) is 4.25. The Hall–Kier alpha value is -0.940. The molecule has 0 N–H and O–H groups in total. The molecule has 0 aliphatic heterocycles. The summed E-state index contributed by atoms with van der Waals surface area (Å²) in [6, 6.07) is 14.8. The maximum Gasteiger partial charge on any atom is 0.387 e. The summed E-state index contributed by atoms with van der Waals surface area (Å²) in [6.07, 6.45) is 0.822. The molecule has 1 unspecified atom stereocenters. The van der Waals surface area contributed by atoms with Crippen LogP contribution < -0.4 is 4.74 Å². The second kappa shape index (κ2) is 7.18. The minimum Gasteiger partial charge on any atom is -0.435 e. The first-order chi connectivity index (χ1) is 9.54. The van der Waals surface area contributed by atoms with Crippen LogP contribution in [0.4, 0.5) is 8.78 Å². The molecule has 0 amide bonds. The van der Waals surface area contributed by atoms with Crippen molar-refractivity contribution in [2.75, 3.05) is 0 Å². The van der Waals surface area contributed by atoms with E-state index in [1.54, 1.807) is 24.3 Å². The molecular formula is C15H12Br2F2O. The lowest BCUT2D eigenvalue weighted by atomic mass is 10.0. The van der Waals surface area contributed by atoms with Crippen molar-refractivity contribution in [3.05, 3.63) is 64.1 Å². The van der Waals surface area contributed by atoms with Gasteiger partial charge in [-0.1, -0.05) is 56.1 Å². The lowest BCUT2D eigenvalue weighted by Crippen LogP contribution is -2.02. The van der Waals surface area contributed by atoms with Crippen LogP contribution in [0.1, 0.15) is 16.0 Å². The van der Waals surface area contributed by atoms with E-state index < -0.39 is 6.61 Å². The Balaban J connectivity index is 2.01. The molecule has 0 radical (unpaired) electrons. The molecule has 1 atom stereocenters. The number of benzene rings is 2. The minimum atomic E-state index is -2.79. The van der Waals surface area contributed by atoms with Gasteiger partial charge in [0.1, 0.15) is 5.75 Å². The number of hydrogen-bond acceptors (Lipinski definition) is 1. The lowest BCUT2D eigenvalue weighted by Gasteiger charge is -2.11. The SMILES string of the molecule is FC(F)Oc1ccc(C(Br)Cc2ccc(Br)cc2)cc1. The highest BCUT2D eigenvalue weighted by Gasteiger charge is 2.10. The van der Waals surface area contributed by atoms with E-state index in [1.165, 1.54) is 5.56 Å². The van der Waals surface area contributed by atoms with Crippen LogP contribution in [0.5, 0.6) is 5.75 Å². The standard InChI is InChI=1S/C15H12Br2F2O/c16-12-5-1-10(2-6-12)9-14(17)11-3-7-13(8-4-11)20-15(18)19/h1-8,14-15H,9H2. The zero-order chi connectivity index (χ0) is 14.5. The average molecular weight is 406 g/mol. The van der Waals surface area contributed by atoms with Crippen LogP contribution in [-0.4, -0.2) is 6.61 Å². The molecule has 2 rings (SSSR count). The Labute approximate surface area is 133 Å². The van der Waals surface area contributed by atoms with Gasteiger partial charge in [-0.05, 0) is 41.8 Å². The Kier molecular flexibility index (Phi) is 5.54. The van der Waals surface area contributed by atoms with Crippen LogP contribution >= 0.6 is 31.9 Å². The zero-order valence-corrected chi connectivity index (χ0v) is 13.6. The fourth-order valence-electron chi connectivity index (χ4n) is 1.80. The van der Waals surface area contributed by atoms with Gasteiger partial charge in [0.2, 0.25) is 0 Å². The van der Waals surface area contributed by atoms with Crippen LogP contribution in [0.15, 0.2) is 53.0 Å². The van der Waals surface area contributed by atoms with Crippen molar-refractivity contribution in [2.24, 2.45) is 0 Å². The molecule has 5 heteroatoms. The summed E-state index contributed by atoms with van der Waals surface area (Å²) >= 11 is 7.01. The molecule has 0 aliphatic rings. The third kappa shape index (κ3) is 4.56. The number of ether oxygens (including phenoxy) is 1. The molecule has 2 aromatic rings. The predicted molar refractivity (Wildman–Crippen MR) is 82.6 cm³/mol. The summed E-state index contributed by atoms with van der Waals surface area (Å²) in [7, 11) is 0. The van der Waals surface area contributed by atoms with Crippen molar-refractivity contribution < 1.29 is 13.5 Å². The van der Waals surface area contributed by atoms with E-state index in [-0.39, 0.29) is 10.6 Å². The van der Waals surface area contributed by atoms with Crippen LogP contribution in [0.25, 0.3) is 0 Å². The van der Waals surface area contributed by atoms with Gasteiger partial charge in [-0.15, -0.1) is 0 Å². The van der Waals surface area contributed by atoms with Crippen LogP contribution in [-0.2, 0) is 6.42 Å². The van der Waals surface area contributed by atoms with E-state index in [0.29, 0.717) is 0 Å². The lowest BCUT2D eigenvalue weighted by molar-refractivity contribution is -0.0498. The number of rotatable bonds is 5. The largest absolute Gasteiger partial charge is 0.435 e. The Morgan fingerprint density at radius 3 is 2.10 bits per heavy atom. The Morgan fingerprint density at radius 2 is 1.55 bits per heavy atom. The summed E-state index contributed by atoms with van der Waals surface area (Å²) < 4.78 is 29.5. The van der Waals surface area contributed by atoms with Crippen LogP contribution in [0, 0.1) is 0 Å². The monoisotopic (exact) mass is 404 g/mol. The Bertz CT molecular complexity index is 541. The van der Waals surface area contributed by atoms with Gasteiger partial charge in [-0.3, -0.25) is 0 Å². The molecule has 0 bridgehead atoms. The molecule has 1 nitrogen and oxygen atoms in total. The van der Waals surface area contributed by atoms with Crippen LogP contribution in [0.3, 0.4) is 0 Å². The minimum absolute atomic E-state index is 0.129. The molecule has 106 valence electrons. The zero-order valence-electron chi connectivity index (χ0n) is 10.4.